The molecule has 0 radical (unpaired) electrons. The molecule has 5 nitrogen and oxygen atoms in total. The van der Waals surface area contributed by atoms with Crippen LogP contribution in [-0.2, 0) is 19.6 Å². The van der Waals surface area contributed by atoms with Gasteiger partial charge in [-0.15, -0.1) is 24.0 Å². The van der Waals surface area contributed by atoms with E-state index in [-0.39, 0.29) is 24.0 Å². The van der Waals surface area contributed by atoms with Crippen LogP contribution in [0.25, 0.3) is 0 Å². The molecule has 0 saturated carbocycles. The van der Waals surface area contributed by atoms with Gasteiger partial charge in [0.15, 0.2) is 5.96 Å². The number of nitrogens with one attached hydrogen (secondary N) is 1. The molecule has 0 spiro atoms. The highest BCUT2D eigenvalue weighted by Gasteiger charge is 2.09. The molecule has 2 aromatic rings. The summed E-state index contributed by atoms with van der Waals surface area (Å²) in [4.78, 5) is 8.86. The first-order valence-corrected chi connectivity index (χ1v) is 9.33. The van der Waals surface area contributed by atoms with Crippen LogP contribution >= 0.6 is 24.0 Å². The lowest BCUT2D eigenvalue weighted by Crippen LogP contribution is -2.39. The van der Waals surface area contributed by atoms with Gasteiger partial charge in [0.25, 0.3) is 0 Å². The van der Waals surface area contributed by atoms with Crippen LogP contribution in [0.15, 0.2) is 52.1 Å². The van der Waals surface area contributed by atoms with Crippen LogP contribution < -0.4 is 5.32 Å². The molecule has 150 valence electrons. The number of nitrogens with zero attached hydrogens (tertiary/aromatic N) is 3. The molecular weight excluding hydrogens is 451 g/mol. The van der Waals surface area contributed by atoms with Crippen molar-refractivity contribution in [3.05, 3.63) is 59.5 Å². The standard InChI is InChI=1S/C21H32N4O.HI/c1-5-6-13-25(4)21(22-2)23-15-18-10-7-8-11-19(18)16-24(3)17-20-12-9-14-26-20;/h7-12,14H,5-6,13,15-17H2,1-4H3,(H,22,23);1H. The van der Waals surface area contributed by atoms with Crippen LogP contribution in [0.3, 0.4) is 0 Å². The van der Waals surface area contributed by atoms with Crippen molar-refractivity contribution in [1.29, 1.82) is 0 Å². The van der Waals surface area contributed by atoms with E-state index >= 15 is 0 Å². The molecule has 6 heteroatoms. The number of unbranched alkanes of at least 4 members (excludes halogenated alkanes) is 1. The summed E-state index contributed by atoms with van der Waals surface area (Å²) >= 11 is 0. The number of benzene rings is 1. The summed E-state index contributed by atoms with van der Waals surface area (Å²) in [5, 5.41) is 3.49. The Kier molecular flexibility index (Phi) is 11.1. The van der Waals surface area contributed by atoms with Gasteiger partial charge < -0.3 is 14.6 Å². The first kappa shape index (κ1) is 23.5. The second-order valence-corrected chi connectivity index (χ2v) is 6.70. The van der Waals surface area contributed by atoms with Gasteiger partial charge in [-0.3, -0.25) is 9.89 Å². The van der Waals surface area contributed by atoms with Gasteiger partial charge in [-0.1, -0.05) is 37.6 Å². The molecule has 0 aliphatic carbocycles. The fraction of sp³-hybridized carbons (Fsp3) is 0.476. The van der Waals surface area contributed by atoms with E-state index in [9.17, 15) is 0 Å². The molecule has 0 fully saturated rings. The maximum absolute atomic E-state index is 5.45. The minimum Gasteiger partial charge on any atom is -0.468 e. The lowest BCUT2D eigenvalue weighted by molar-refractivity contribution is 0.287. The van der Waals surface area contributed by atoms with E-state index in [4.69, 9.17) is 4.42 Å². The van der Waals surface area contributed by atoms with E-state index in [2.05, 4.69) is 65.4 Å². The highest BCUT2D eigenvalue weighted by atomic mass is 127. The second kappa shape index (κ2) is 12.8. The van der Waals surface area contributed by atoms with E-state index in [1.807, 2.05) is 19.2 Å². The van der Waals surface area contributed by atoms with Gasteiger partial charge in [-0.25, -0.2) is 0 Å². The Morgan fingerprint density at radius 1 is 1.07 bits per heavy atom. The van der Waals surface area contributed by atoms with E-state index in [1.165, 1.54) is 24.0 Å². The molecule has 1 aromatic carbocycles. The summed E-state index contributed by atoms with van der Waals surface area (Å²) in [6.07, 6.45) is 4.08. The fourth-order valence-electron chi connectivity index (χ4n) is 2.96. The maximum Gasteiger partial charge on any atom is 0.193 e. The largest absolute Gasteiger partial charge is 0.468 e. The molecule has 1 aromatic heterocycles. The van der Waals surface area contributed by atoms with E-state index < -0.39 is 0 Å². The Bertz CT molecular complexity index is 673. The lowest BCUT2D eigenvalue weighted by Gasteiger charge is -2.23. The molecule has 0 amide bonds. The van der Waals surface area contributed by atoms with Gasteiger partial charge in [-0.05, 0) is 36.7 Å². The molecule has 1 heterocycles. The Balaban J connectivity index is 0.00000364. The Hall–Kier alpha value is -1.54. The van der Waals surface area contributed by atoms with Crippen LogP contribution in [0, 0.1) is 0 Å². The Morgan fingerprint density at radius 3 is 2.44 bits per heavy atom. The summed E-state index contributed by atoms with van der Waals surface area (Å²) in [6.45, 7) is 5.68. The molecular formula is C21H33IN4O. The summed E-state index contributed by atoms with van der Waals surface area (Å²) in [5.41, 5.74) is 2.62. The predicted octanol–water partition coefficient (Wildman–Crippen LogP) is 4.34. The molecule has 27 heavy (non-hydrogen) atoms. The SMILES string of the molecule is CCCCN(C)C(=NC)NCc1ccccc1CN(C)Cc1ccco1.I. The van der Waals surface area contributed by atoms with Crippen molar-refractivity contribution in [2.24, 2.45) is 4.99 Å². The topological polar surface area (TPSA) is 44.0 Å². The van der Waals surface area contributed by atoms with Crippen LogP contribution in [0.2, 0.25) is 0 Å². The van der Waals surface area contributed by atoms with Gasteiger partial charge in [-0.2, -0.15) is 0 Å². The third kappa shape index (κ3) is 7.92. The number of rotatable bonds is 9. The Morgan fingerprint density at radius 2 is 1.81 bits per heavy atom. The molecule has 0 aliphatic heterocycles. The average molecular weight is 484 g/mol. The first-order valence-electron chi connectivity index (χ1n) is 9.33. The van der Waals surface area contributed by atoms with E-state index in [0.717, 1.165) is 37.9 Å². The van der Waals surface area contributed by atoms with Crippen LogP contribution in [0.5, 0.6) is 0 Å². The van der Waals surface area contributed by atoms with Crippen LogP contribution in [0.4, 0.5) is 0 Å². The predicted molar refractivity (Wildman–Crippen MR) is 123 cm³/mol. The Labute approximate surface area is 180 Å². The van der Waals surface area contributed by atoms with Gasteiger partial charge in [0.1, 0.15) is 5.76 Å². The second-order valence-electron chi connectivity index (χ2n) is 6.70. The van der Waals surface area contributed by atoms with Crippen molar-refractivity contribution >= 4 is 29.9 Å². The van der Waals surface area contributed by atoms with Crippen molar-refractivity contribution in [1.82, 2.24) is 15.1 Å². The molecule has 0 atom stereocenters. The number of halogens is 1. The zero-order valence-electron chi connectivity index (χ0n) is 16.9. The van der Waals surface area contributed by atoms with Gasteiger partial charge in [0.2, 0.25) is 0 Å². The monoisotopic (exact) mass is 484 g/mol. The lowest BCUT2D eigenvalue weighted by atomic mass is 10.1. The minimum absolute atomic E-state index is 0. The fourth-order valence-corrected chi connectivity index (χ4v) is 2.96. The number of guanidine groups is 1. The third-order valence-electron chi connectivity index (χ3n) is 4.42. The van der Waals surface area contributed by atoms with E-state index in [0.29, 0.717) is 0 Å². The minimum atomic E-state index is 0. The summed E-state index contributed by atoms with van der Waals surface area (Å²) in [7, 11) is 6.05. The molecule has 1 N–H and O–H groups in total. The van der Waals surface area contributed by atoms with Crippen molar-refractivity contribution in [3.8, 4) is 0 Å². The summed E-state index contributed by atoms with van der Waals surface area (Å²) in [5.74, 6) is 1.93. The number of hydrogen-bond donors (Lipinski definition) is 1. The summed E-state index contributed by atoms with van der Waals surface area (Å²) in [6, 6.07) is 12.5. The van der Waals surface area contributed by atoms with Gasteiger partial charge in [0.05, 0.1) is 12.8 Å². The smallest absolute Gasteiger partial charge is 0.193 e. The average Bonchev–Trinajstić information content (AvgIpc) is 3.14. The number of hydrogen-bond acceptors (Lipinski definition) is 3. The summed E-state index contributed by atoms with van der Waals surface area (Å²) < 4.78 is 5.45. The zero-order valence-corrected chi connectivity index (χ0v) is 19.3. The first-order chi connectivity index (χ1) is 12.6. The number of aliphatic imine (C=N–C) groups is 1. The third-order valence-corrected chi connectivity index (χ3v) is 4.42. The van der Waals surface area contributed by atoms with Crippen molar-refractivity contribution in [2.75, 3.05) is 27.7 Å². The van der Waals surface area contributed by atoms with Gasteiger partial charge in [0, 0.05) is 33.7 Å². The molecule has 0 unspecified atom stereocenters. The van der Waals surface area contributed by atoms with Crippen molar-refractivity contribution in [3.63, 3.8) is 0 Å². The molecule has 0 bridgehead atoms. The normalized spacial score (nSPS) is 11.4. The number of furan rings is 1. The molecule has 2 rings (SSSR count). The highest BCUT2D eigenvalue weighted by molar-refractivity contribution is 14.0. The van der Waals surface area contributed by atoms with Crippen LogP contribution in [0.1, 0.15) is 36.7 Å². The van der Waals surface area contributed by atoms with Crippen molar-refractivity contribution < 1.29 is 4.42 Å². The van der Waals surface area contributed by atoms with Crippen LogP contribution in [-0.4, -0.2) is 43.4 Å². The molecule has 0 saturated heterocycles. The highest BCUT2D eigenvalue weighted by Crippen LogP contribution is 2.13. The molecule has 0 aliphatic rings. The van der Waals surface area contributed by atoms with Gasteiger partial charge >= 0.3 is 0 Å². The van der Waals surface area contributed by atoms with Crippen molar-refractivity contribution in [2.45, 2.75) is 39.4 Å². The van der Waals surface area contributed by atoms with E-state index in [1.54, 1.807) is 6.26 Å². The zero-order chi connectivity index (χ0) is 18.8. The quantitative estimate of drug-likeness (QED) is 0.327. The maximum atomic E-state index is 5.45.